The monoisotopic (exact) mass is 344 g/mol. The van der Waals surface area contributed by atoms with E-state index in [1.54, 1.807) is 13.8 Å². The number of aryl methyl sites for hydroxylation is 2. The van der Waals surface area contributed by atoms with Crippen molar-refractivity contribution in [1.82, 2.24) is 9.88 Å². The van der Waals surface area contributed by atoms with E-state index in [2.05, 4.69) is 25.8 Å². The lowest BCUT2D eigenvalue weighted by Crippen LogP contribution is -2.24. The van der Waals surface area contributed by atoms with Crippen LogP contribution in [0, 0.1) is 13.8 Å². The molecule has 0 fully saturated rings. The van der Waals surface area contributed by atoms with Gasteiger partial charge < -0.3 is 4.52 Å². The Labute approximate surface area is 120 Å². The Kier molecular flexibility index (Phi) is 4.07. The lowest BCUT2D eigenvalue weighted by Gasteiger charge is -2.06. The quantitative estimate of drug-likeness (QED) is 0.924. The summed E-state index contributed by atoms with van der Waals surface area (Å²) >= 11 is 3.34. The van der Waals surface area contributed by atoms with Crippen LogP contribution in [0.4, 0.5) is 0 Å². The highest BCUT2D eigenvalue weighted by atomic mass is 79.9. The van der Waals surface area contributed by atoms with Gasteiger partial charge in [-0.3, -0.25) is 0 Å². The zero-order chi connectivity index (χ0) is 14.0. The minimum atomic E-state index is -3.61. The van der Waals surface area contributed by atoms with Gasteiger partial charge in [-0.15, -0.1) is 0 Å². The van der Waals surface area contributed by atoms with E-state index in [0.29, 0.717) is 11.5 Å². The van der Waals surface area contributed by atoms with Gasteiger partial charge in [0.05, 0.1) is 0 Å². The van der Waals surface area contributed by atoms with Gasteiger partial charge in [0.1, 0.15) is 10.6 Å². The SMILES string of the molecule is Cc1noc(C)c1S(=O)(=O)NCc1cccc(Br)c1. The Morgan fingerprint density at radius 3 is 2.68 bits per heavy atom. The minimum Gasteiger partial charge on any atom is -0.360 e. The molecule has 5 nitrogen and oxygen atoms in total. The summed E-state index contributed by atoms with van der Waals surface area (Å²) in [6.07, 6.45) is 0. The van der Waals surface area contributed by atoms with Crippen molar-refractivity contribution < 1.29 is 12.9 Å². The molecular weight excluding hydrogens is 332 g/mol. The fourth-order valence-corrected chi connectivity index (χ4v) is 3.55. The van der Waals surface area contributed by atoms with Crippen LogP contribution in [0.5, 0.6) is 0 Å². The van der Waals surface area contributed by atoms with E-state index in [1.165, 1.54) is 0 Å². The lowest BCUT2D eigenvalue weighted by molar-refractivity contribution is 0.390. The highest BCUT2D eigenvalue weighted by Crippen LogP contribution is 2.19. The number of nitrogens with one attached hydrogen (secondary N) is 1. The summed E-state index contributed by atoms with van der Waals surface area (Å²) in [5.41, 5.74) is 1.23. The van der Waals surface area contributed by atoms with Crippen LogP contribution >= 0.6 is 15.9 Å². The molecule has 102 valence electrons. The first-order valence-electron chi connectivity index (χ1n) is 5.57. The third-order valence-electron chi connectivity index (χ3n) is 2.59. The van der Waals surface area contributed by atoms with Crippen LogP contribution in [0.25, 0.3) is 0 Å². The van der Waals surface area contributed by atoms with Crippen LogP contribution in [0.15, 0.2) is 38.2 Å². The number of nitrogens with zero attached hydrogens (tertiary/aromatic N) is 1. The van der Waals surface area contributed by atoms with Crippen molar-refractivity contribution in [3.8, 4) is 0 Å². The highest BCUT2D eigenvalue weighted by Gasteiger charge is 2.23. The van der Waals surface area contributed by atoms with Crippen LogP contribution in [-0.4, -0.2) is 13.6 Å². The minimum absolute atomic E-state index is 0.113. The molecule has 1 N–H and O–H groups in total. The van der Waals surface area contributed by atoms with Crippen LogP contribution in [0.3, 0.4) is 0 Å². The molecule has 0 saturated heterocycles. The maximum absolute atomic E-state index is 12.2. The predicted octanol–water partition coefficient (Wildman–Crippen LogP) is 2.53. The van der Waals surface area contributed by atoms with Crippen molar-refractivity contribution in [3.05, 3.63) is 45.8 Å². The third kappa shape index (κ3) is 3.23. The van der Waals surface area contributed by atoms with Gasteiger partial charge in [0.15, 0.2) is 5.76 Å². The van der Waals surface area contributed by atoms with Gasteiger partial charge in [0, 0.05) is 11.0 Å². The summed E-state index contributed by atoms with van der Waals surface area (Å²) in [5, 5.41) is 3.65. The first-order valence-corrected chi connectivity index (χ1v) is 7.85. The van der Waals surface area contributed by atoms with E-state index in [9.17, 15) is 8.42 Å². The Morgan fingerprint density at radius 2 is 2.11 bits per heavy atom. The average molecular weight is 345 g/mol. The predicted molar refractivity (Wildman–Crippen MR) is 74.1 cm³/mol. The maximum Gasteiger partial charge on any atom is 0.246 e. The number of rotatable bonds is 4. The summed E-state index contributed by atoms with van der Waals surface area (Å²) in [6, 6.07) is 7.44. The second kappa shape index (κ2) is 5.44. The number of hydrogen-bond donors (Lipinski definition) is 1. The number of sulfonamides is 1. The molecule has 0 bridgehead atoms. The third-order valence-corrected chi connectivity index (χ3v) is 4.73. The molecule has 0 spiro atoms. The van der Waals surface area contributed by atoms with Gasteiger partial charge in [0.25, 0.3) is 0 Å². The van der Waals surface area contributed by atoms with Gasteiger partial charge in [-0.25, -0.2) is 13.1 Å². The Hall–Kier alpha value is -1.18. The van der Waals surface area contributed by atoms with Crippen LogP contribution < -0.4 is 4.72 Å². The van der Waals surface area contributed by atoms with Gasteiger partial charge >= 0.3 is 0 Å². The first-order chi connectivity index (χ1) is 8.90. The Bertz CT molecular complexity index is 675. The second-order valence-corrected chi connectivity index (χ2v) is 6.73. The molecule has 0 aliphatic rings. The molecule has 2 aromatic rings. The summed E-state index contributed by atoms with van der Waals surface area (Å²) in [6.45, 7) is 3.39. The topological polar surface area (TPSA) is 72.2 Å². The van der Waals surface area contributed by atoms with Crippen LogP contribution in [-0.2, 0) is 16.6 Å². The van der Waals surface area contributed by atoms with Gasteiger partial charge in [0.2, 0.25) is 10.0 Å². The highest BCUT2D eigenvalue weighted by molar-refractivity contribution is 9.10. The number of aromatic nitrogens is 1. The molecule has 1 aromatic carbocycles. The molecule has 7 heteroatoms. The van der Waals surface area contributed by atoms with Gasteiger partial charge in [-0.05, 0) is 31.5 Å². The van der Waals surface area contributed by atoms with E-state index < -0.39 is 10.0 Å². The lowest BCUT2D eigenvalue weighted by atomic mass is 10.2. The van der Waals surface area contributed by atoms with E-state index in [-0.39, 0.29) is 11.4 Å². The van der Waals surface area contributed by atoms with Gasteiger partial charge in [-0.2, -0.15) is 0 Å². The normalized spacial score (nSPS) is 11.7. The molecule has 0 aliphatic heterocycles. The van der Waals surface area contributed by atoms with Gasteiger partial charge in [-0.1, -0.05) is 33.2 Å². The van der Waals surface area contributed by atoms with E-state index in [1.807, 2.05) is 24.3 Å². The van der Waals surface area contributed by atoms with Crippen LogP contribution in [0.1, 0.15) is 17.0 Å². The van der Waals surface area contributed by atoms with E-state index in [0.717, 1.165) is 10.0 Å². The van der Waals surface area contributed by atoms with Crippen molar-refractivity contribution in [2.45, 2.75) is 25.3 Å². The molecule has 0 aliphatic carbocycles. The number of halogens is 1. The van der Waals surface area contributed by atoms with Crippen molar-refractivity contribution in [2.75, 3.05) is 0 Å². The fraction of sp³-hybridized carbons (Fsp3) is 0.250. The van der Waals surface area contributed by atoms with E-state index in [4.69, 9.17) is 4.52 Å². The molecule has 1 heterocycles. The standard InChI is InChI=1S/C12H13BrN2O3S/c1-8-12(9(2)18-15-8)19(16,17)14-7-10-4-3-5-11(13)6-10/h3-6,14H,7H2,1-2H3. The molecule has 19 heavy (non-hydrogen) atoms. The molecule has 1 aromatic heterocycles. The average Bonchev–Trinajstić information content (AvgIpc) is 2.67. The number of hydrogen-bond acceptors (Lipinski definition) is 4. The molecule has 0 unspecified atom stereocenters. The smallest absolute Gasteiger partial charge is 0.246 e. The molecule has 0 atom stereocenters. The second-order valence-electron chi connectivity index (χ2n) is 4.11. The number of benzene rings is 1. The maximum atomic E-state index is 12.2. The van der Waals surface area contributed by atoms with Crippen molar-refractivity contribution >= 4 is 26.0 Å². The first kappa shape index (κ1) is 14.2. The molecular formula is C12H13BrN2O3S. The fourth-order valence-electron chi connectivity index (χ4n) is 1.76. The van der Waals surface area contributed by atoms with Crippen molar-refractivity contribution in [1.29, 1.82) is 0 Å². The Balaban J connectivity index is 2.19. The zero-order valence-corrected chi connectivity index (χ0v) is 12.9. The van der Waals surface area contributed by atoms with Crippen LogP contribution in [0.2, 0.25) is 0 Å². The summed E-state index contributed by atoms with van der Waals surface area (Å²) in [5.74, 6) is 0.291. The van der Waals surface area contributed by atoms with Crippen molar-refractivity contribution in [3.63, 3.8) is 0 Å². The summed E-state index contributed by atoms with van der Waals surface area (Å²) < 4.78 is 32.7. The molecule has 2 rings (SSSR count). The summed E-state index contributed by atoms with van der Waals surface area (Å²) in [4.78, 5) is 0.113. The van der Waals surface area contributed by atoms with Crippen molar-refractivity contribution in [2.24, 2.45) is 0 Å². The molecule has 0 amide bonds. The zero-order valence-electron chi connectivity index (χ0n) is 10.5. The molecule has 0 saturated carbocycles. The van der Waals surface area contributed by atoms with E-state index >= 15 is 0 Å². The molecule has 0 radical (unpaired) electrons. The Morgan fingerprint density at radius 1 is 1.37 bits per heavy atom. The largest absolute Gasteiger partial charge is 0.360 e. The summed E-state index contributed by atoms with van der Waals surface area (Å²) in [7, 11) is -3.61.